The largest absolute Gasteiger partial charge is 0.490 e. The van der Waals surface area contributed by atoms with E-state index in [1.165, 1.54) is 17.5 Å². The van der Waals surface area contributed by atoms with Gasteiger partial charge in [-0.05, 0) is 84.9 Å². The Morgan fingerprint density at radius 2 is 1.65 bits per heavy atom. The van der Waals surface area contributed by atoms with Crippen LogP contribution in [0.25, 0.3) is 11.1 Å². The minimum absolute atomic E-state index is 0. The third-order valence-electron chi connectivity index (χ3n) is 7.61. The van der Waals surface area contributed by atoms with Crippen LogP contribution in [-0.2, 0) is 12.8 Å². The lowest BCUT2D eigenvalue weighted by Gasteiger charge is -2.27. The van der Waals surface area contributed by atoms with Gasteiger partial charge in [0.15, 0.2) is 0 Å². The van der Waals surface area contributed by atoms with E-state index in [-0.39, 0.29) is 24.1 Å². The maximum absolute atomic E-state index is 11.8. The minimum atomic E-state index is -0.954. The highest BCUT2D eigenvalue weighted by Crippen LogP contribution is 2.33. The summed E-state index contributed by atoms with van der Waals surface area (Å²) in [6, 6.07) is 22.1. The number of nitrogens with one attached hydrogen (secondary N) is 1. The van der Waals surface area contributed by atoms with Gasteiger partial charge in [0, 0.05) is 12.6 Å². The Hall–Kier alpha value is -2.86. The van der Waals surface area contributed by atoms with Crippen molar-refractivity contribution in [1.29, 1.82) is 0 Å². The molecule has 0 spiro atoms. The highest BCUT2D eigenvalue weighted by Gasteiger charge is 2.22. The van der Waals surface area contributed by atoms with Crippen LogP contribution in [0.2, 0.25) is 0 Å². The van der Waals surface area contributed by atoms with Crippen LogP contribution in [0.3, 0.4) is 0 Å². The average molecular weight is 522 g/mol. The molecule has 0 bridgehead atoms. The first-order chi connectivity index (χ1) is 17.6. The summed E-state index contributed by atoms with van der Waals surface area (Å²) in [4.78, 5) is 11.8. The third-order valence-corrected chi connectivity index (χ3v) is 7.61. The maximum atomic E-state index is 11.8. The first-order valence-corrected chi connectivity index (χ1v) is 13.2. The van der Waals surface area contributed by atoms with Gasteiger partial charge in [-0.2, -0.15) is 0 Å². The van der Waals surface area contributed by atoms with Crippen molar-refractivity contribution in [3.05, 3.63) is 89.0 Å². The van der Waals surface area contributed by atoms with E-state index in [1.54, 1.807) is 6.07 Å². The van der Waals surface area contributed by atoms with Crippen LogP contribution in [0.4, 0.5) is 0 Å². The van der Waals surface area contributed by atoms with E-state index >= 15 is 0 Å². The predicted octanol–water partition coefficient (Wildman–Crippen LogP) is 6.37. The fourth-order valence-corrected chi connectivity index (χ4v) is 5.52. The first-order valence-electron chi connectivity index (χ1n) is 13.2. The van der Waals surface area contributed by atoms with Crippen molar-refractivity contribution in [3.8, 4) is 16.9 Å². The fraction of sp³-hybridized carbons (Fsp3) is 0.387. The van der Waals surface area contributed by atoms with Gasteiger partial charge in [-0.15, -0.1) is 12.4 Å². The lowest BCUT2D eigenvalue weighted by atomic mass is 9.86. The van der Waals surface area contributed by atoms with E-state index in [2.05, 4.69) is 23.5 Å². The molecule has 5 nitrogen and oxygen atoms in total. The molecule has 6 heteroatoms. The molecule has 37 heavy (non-hydrogen) atoms. The van der Waals surface area contributed by atoms with Gasteiger partial charge in [-0.3, -0.25) is 0 Å². The maximum Gasteiger partial charge on any atom is 0.339 e. The molecule has 1 saturated carbocycles. The first kappa shape index (κ1) is 27.2. The molecular formula is C31H36ClNO4. The zero-order valence-electron chi connectivity index (χ0n) is 21.1. The highest BCUT2D eigenvalue weighted by atomic mass is 35.5. The molecule has 0 amide bonds. The summed E-state index contributed by atoms with van der Waals surface area (Å²) in [6.45, 7) is 0.530. The summed E-state index contributed by atoms with van der Waals surface area (Å²) in [5.41, 5.74) is 5.87. The molecule has 3 aromatic rings. The number of ether oxygens (including phenoxy) is 1. The molecule has 3 aromatic carbocycles. The second-order valence-electron chi connectivity index (χ2n) is 10.2. The van der Waals surface area contributed by atoms with Gasteiger partial charge in [0.25, 0.3) is 0 Å². The monoisotopic (exact) mass is 521 g/mol. The topological polar surface area (TPSA) is 78.8 Å². The molecule has 3 N–H and O–H groups in total. The minimum Gasteiger partial charge on any atom is -0.490 e. The SMILES string of the molecule is Cl.O=C(O)c1ccc(-c2ccc3c(c2)C[C@@H](NC[C@@H](O)c2ccccc2)CC3)cc1OC1CCCCC1. The number of carboxylic acids is 1. The summed E-state index contributed by atoms with van der Waals surface area (Å²) in [5, 5.41) is 23.8. The Morgan fingerprint density at radius 1 is 0.919 bits per heavy atom. The molecule has 0 heterocycles. The quantitative estimate of drug-likeness (QED) is 0.321. The smallest absolute Gasteiger partial charge is 0.339 e. The van der Waals surface area contributed by atoms with Crippen molar-refractivity contribution in [2.75, 3.05) is 6.54 Å². The molecule has 1 fully saturated rings. The number of aryl methyl sites for hydroxylation is 1. The summed E-state index contributed by atoms with van der Waals surface area (Å²) in [5.74, 6) is -0.483. The zero-order valence-corrected chi connectivity index (χ0v) is 21.9. The number of halogens is 1. The lowest BCUT2D eigenvalue weighted by molar-refractivity contribution is 0.0686. The van der Waals surface area contributed by atoms with E-state index in [4.69, 9.17) is 4.74 Å². The summed E-state index contributed by atoms with van der Waals surface area (Å²) >= 11 is 0. The summed E-state index contributed by atoms with van der Waals surface area (Å²) < 4.78 is 6.22. The Kier molecular flexibility index (Phi) is 9.25. The second-order valence-corrected chi connectivity index (χ2v) is 10.2. The third kappa shape index (κ3) is 6.72. The van der Waals surface area contributed by atoms with Crippen LogP contribution < -0.4 is 10.1 Å². The summed E-state index contributed by atoms with van der Waals surface area (Å²) in [7, 11) is 0. The van der Waals surface area contributed by atoms with Gasteiger partial charge >= 0.3 is 5.97 Å². The second kappa shape index (κ2) is 12.6. The van der Waals surface area contributed by atoms with Crippen LogP contribution in [0.15, 0.2) is 66.7 Å². The van der Waals surface area contributed by atoms with E-state index in [0.717, 1.165) is 61.6 Å². The van der Waals surface area contributed by atoms with Crippen molar-refractivity contribution in [1.82, 2.24) is 5.32 Å². The van der Waals surface area contributed by atoms with Crippen LogP contribution in [-0.4, -0.2) is 34.9 Å². The number of aliphatic hydroxyl groups is 1. The van der Waals surface area contributed by atoms with Crippen LogP contribution >= 0.6 is 12.4 Å². The Balaban J connectivity index is 0.00000320. The normalized spacial score (nSPS) is 18.4. The number of hydrogen-bond acceptors (Lipinski definition) is 4. The molecule has 2 aliphatic carbocycles. The van der Waals surface area contributed by atoms with Crippen LogP contribution in [0.1, 0.15) is 71.7 Å². The Morgan fingerprint density at radius 3 is 2.41 bits per heavy atom. The molecule has 5 rings (SSSR count). The van der Waals surface area contributed by atoms with Crippen molar-refractivity contribution in [2.45, 2.75) is 69.6 Å². The Labute approximate surface area is 225 Å². The van der Waals surface area contributed by atoms with Gasteiger partial charge in [0.1, 0.15) is 11.3 Å². The van der Waals surface area contributed by atoms with E-state index in [0.29, 0.717) is 18.3 Å². The number of hydrogen-bond donors (Lipinski definition) is 3. The van der Waals surface area contributed by atoms with Crippen LogP contribution in [0.5, 0.6) is 5.75 Å². The fourth-order valence-electron chi connectivity index (χ4n) is 5.52. The van der Waals surface area contributed by atoms with E-state index in [1.807, 2.05) is 42.5 Å². The standard InChI is InChI=1S/C31H35NO4.ClH/c33-29(22-7-3-1-4-8-22)20-32-26-15-13-21-11-12-23(17-25(21)18-26)24-14-16-28(31(34)35)30(19-24)36-27-9-5-2-6-10-27;/h1,3-4,7-8,11-12,14,16-17,19,26-27,29,32-33H,2,5-6,9-10,13,15,18,20H2,(H,34,35);1H/t26-,29+;/m0./s1. The number of aromatic carboxylic acids is 1. The van der Waals surface area contributed by atoms with Crippen molar-refractivity contribution in [3.63, 3.8) is 0 Å². The number of carbonyl (C=O) groups is 1. The Bertz CT molecular complexity index is 1190. The molecule has 2 aliphatic rings. The molecule has 2 atom stereocenters. The molecule has 0 aliphatic heterocycles. The molecule has 0 saturated heterocycles. The molecule has 196 valence electrons. The number of rotatable bonds is 8. The lowest BCUT2D eigenvalue weighted by Crippen LogP contribution is -2.37. The average Bonchev–Trinajstić information content (AvgIpc) is 2.92. The van der Waals surface area contributed by atoms with Gasteiger partial charge in [-0.1, -0.05) is 61.0 Å². The number of benzene rings is 3. The predicted molar refractivity (Wildman–Crippen MR) is 149 cm³/mol. The summed E-state index contributed by atoms with van der Waals surface area (Å²) in [6.07, 6.45) is 7.98. The van der Waals surface area contributed by atoms with Crippen LogP contribution in [0, 0.1) is 0 Å². The number of carboxylic acid groups (broad SMARTS) is 1. The van der Waals surface area contributed by atoms with Crippen molar-refractivity contribution in [2.24, 2.45) is 0 Å². The molecular weight excluding hydrogens is 486 g/mol. The van der Waals surface area contributed by atoms with E-state index in [9.17, 15) is 15.0 Å². The van der Waals surface area contributed by atoms with Gasteiger partial charge in [0.05, 0.1) is 12.2 Å². The highest BCUT2D eigenvalue weighted by molar-refractivity contribution is 5.92. The number of aliphatic hydroxyl groups excluding tert-OH is 1. The van der Waals surface area contributed by atoms with Gasteiger partial charge in [-0.25, -0.2) is 4.79 Å². The van der Waals surface area contributed by atoms with Crippen molar-refractivity contribution < 1.29 is 19.7 Å². The molecule has 0 unspecified atom stereocenters. The van der Waals surface area contributed by atoms with E-state index < -0.39 is 12.1 Å². The molecule has 0 aromatic heterocycles. The van der Waals surface area contributed by atoms with Crippen molar-refractivity contribution >= 4 is 18.4 Å². The molecule has 0 radical (unpaired) electrons. The number of fused-ring (bicyclic) bond motifs is 1. The van der Waals surface area contributed by atoms with Gasteiger partial charge < -0.3 is 20.3 Å². The van der Waals surface area contributed by atoms with Gasteiger partial charge in [0.2, 0.25) is 0 Å². The zero-order chi connectivity index (χ0) is 24.9.